The predicted octanol–water partition coefficient (Wildman–Crippen LogP) is 4.14. The maximum Gasteiger partial charge on any atom is 0.416 e. The van der Waals surface area contributed by atoms with E-state index in [1.807, 2.05) is 0 Å². The number of fused-ring (bicyclic) bond motifs is 1. The first-order chi connectivity index (χ1) is 17.7. The van der Waals surface area contributed by atoms with Gasteiger partial charge in [0.2, 0.25) is 0 Å². The van der Waals surface area contributed by atoms with Crippen LogP contribution in [0.3, 0.4) is 0 Å². The molecule has 2 aliphatic heterocycles. The molecule has 5 rings (SSSR count). The standard InChI is InChI=1S/C24H17ClF3N5O3S/c25-16-3-2-15(18(11-16)24(26,27)28)12-33-20-4-1-14(9-19(20)30-31-33)10-21-22(34)32(23(35)37-21)7-5-17-13-36-8-6-29-17/h1-4,9-11,17,29H,6,8,12-13H2/b21-10-. The van der Waals surface area contributed by atoms with Crippen LogP contribution < -0.4 is 5.32 Å². The number of carbonyl (C=O) groups is 2. The number of benzene rings is 2. The van der Waals surface area contributed by atoms with Crippen molar-refractivity contribution in [1.29, 1.82) is 0 Å². The number of aromatic nitrogens is 3. The summed E-state index contributed by atoms with van der Waals surface area (Å²) in [6, 6.07) is 10.9. The number of halogens is 4. The lowest BCUT2D eigenvalue weighted by Crippen LogP contribution is -2.40. The van der Waals surface area contributed by atoms with Gasteiger partial charge in [-0.25, -0.2) is 4.68 Å². The summed E-state index contributed by atoms with van der Waals surface area (Å²) in [5.41, 5.74) is 0.645. The number of hydrogen-bond acceptors (Lipinski definition) is 7. The second kappa shape index (κ2) is 10.2. The van der Waals surface area contributed by atoms with Gasteiger partial charge in [0, 0.05) is 17.6 Å². The molecule has 2 amide bonds. The van der Waals surface area contributed by atoms with E-state index in [-0.39, 0.29) is 28.1 Å². The largest absolute Gasteiger partial charge is 0.416 e. The normalized spacial score (nSPS) is 19.5. The van der Waals surface area contributed by atoms with E-state index in [0.29, 0.717) is 36.4 Å². The van der Waals surface area contributed by atoms with Crippen LogP contribution in [-0.4, -0.2) is 56.8 Å². The number of ether oxygens (including phenoxy) is 1. The summed E-state index contributed by atoms with van der Waals surface area (Å²) < 4.78 is 47.0. The number of hydrogen-bond donors (Lipinski definition) is 1. The van der Waals surface area contributed by atoms with Crippen LogP contribution in [0.15, 0.2) is 41.3 Å². The highest BCUT2D eigenvalue weighted by Crippen LogP contribution is 2.35. The van der Waals surface area contributed by atoms with Gasteiger partial charge in [0.15, 0.2) is 0 Å². The van der Waals surface area contributed by atoms with Gasteiger partial charge in [0.05, 0.1) is 41.8 Å². The minimum absolute atomic E-state index is 0.00227. The Kier molecular flexibility index (Phi) is 6.96. The SMILES string of the molecule is O=C1S/C(=C\c2ccc3c(c2)nnn3Cc2ccc(Cl)cc2C(F)(F)F)C(=O)N1C#CC1COCCN1. The minimum atomic E-state index is -4.57. The van der Waals surface area contributed by atoms with Crippen LogP contribution in [0.5, 0.6) is 0 Å². The molecule has 0 bridgehead atoms. The molecule has 2 aliphatic rings. The molecular weight excluding hydrogens is 531 g/mol. The molecule has 13 heteroatoms. The second-order valence-corrected chi connectivity index (χ2v) is 9.58. The number of nitrogens with one attached hydrogen (secondary N) is 1. The van der Waals surface area contributed by atoms with Crippen molar-refractivity contribution < 1.29 is 27.5 Å². The van der Waals surface area contributed by atoms with Gasteiger partial charge in [-0.3, -0.25) is 14.9 Å². The van der Waals surface area contributed by atoms with Crippen molar-refractivity contribution in [3.05, 3.63) is 63.0 Å². The third-order valence-electron chi connectivity index (χ3n) is 5.60. The quantitative estimate of drug-likeness (QED) is 0.389. The highest BCUT2D eigenvalue weighted by molar-refractivity contribution is 8.18. The molecular formula is C24H17ClF3N5O3S. The van der Waals surface area contributed by atoms with Crippen LogP contribution in [0.2, 0.25) is 5.02 Å². The molecule has 0 spiro atoms. The highest BCUT2D eigenvalue weighted by Gasteiger charge is 2.35. The lowest BCUT2D eigenvalue weighted by molar-refractivity contribution is -0.138. The number of carbonyl (C=O) groups excluding carboxylic acids is 2. The van der Waals surface area contributed by atoms with Gasteiger partial charge < -0.3 is 4.74 Å². The van der Waals surface area contributed by atoms with E-state index >= 15 is 0 Å². The predicted molar refractivity (Wildman–Crippen MR) is 131 cm³/mol. The Bertz CT molecular complexity index is 1490. The Morgan fingerprint density at radius 2 is 2.08 bits per heavy atom. The molecule has 190 valence electrons. The van der Waals surface area contributed by atoms with Crippen LogP contribution in [0.25, 0.3) is 17.1 Å². The van der Waals surface area contributed by atoms with E-state index in [4.69, 9.17) is 16.3 Å². The average molecular weight is 548 g/mol. The Morgan fingerprint density at radius 3 is 2.84 bits per heavy atom. The average Bonchev–Trinajstić information content (AvgIpc) is 3.38. The summed E-state index contributed by atoms with van der Waals surface area (Å²) in [4.78, 5) is 26.1. The van der Waals surface area contributed by atoms with Gasteiger partial charge >= 0.3 is 11.4 Å². The molecule has 1 atom stereocenters. The first-order valence-corrected chi connectivity index (χ1v) is 12.2. The zero-order chi connectivity index (χ0) is 26.2. The molecule has 1 aromatic heterocycles. The Hall–Kier alpha value is -3.37. The molecule has 2 saturated heterocycles. The molecule has 0 saturated carbocycles. The molecule has 8 nitrogen and oxygen atoms in total. The number of thioether (sulfide) groups is 1. The molecule has 1 unspecified atom stereocenters. The molecule has 0 aliphatic carbocycles. The van der Waals surface area contributed by atoms with E-state index in [9.17, 15) is 22.8 Å². The third kappa shape index (κ3) is 5.50. The monoisotopic (exact) mass is 547 g/mol. The van der Waals surface area contributed by atoms with Crippen LogP contribution in [0.1, 0.15) is 16.7 Å². The maximum atomic E-state index is 13.5. The molecule has 3 heterocycles. The maximum absolute atomic E-state index is 13.5. The van der Waals surface area contributed by atoms with E-state index in [0.717, 1.165) is 22.7 Å². The summed E-state index contributed by atoms with van der Waals surface area (Å²) in [5, 5.41) is 10.7. The van der Waals surface area contributed by atoms with Crippen molar-refractivity contribution in [1.82, 2.24) is 25.2 Å². The highest BCUT2D eigenvalue weighted by atomic mass is 35.5. The first-order valence-electron chi connectivity index (χ1n) is 11.0. The summed E-state index contributed by atoms with van der Waals surface area (Å²) in [5.74, 6) is 2.29. The molecule has 0 radical (unpaired) electrons. The van der Waals surface area contributed by atoms with Gasteiger partial charge in [0.25, 0.3) is 5.91 Å². The lowest BCUT2D eigenvalue weighted by atomic mass is 10.1. The lowest BCUT2D eigenvalue weighted by Gasteiger charge is -2.18. The molecule has 37 heavy (non-hydrogen) atoms. The van der Waals surface area contributed by atoms with E-state index in [2.05, 4.69) is 27.6 Å². The van der Waals surface area contributed by atoms with Gasteiger partial charge in [-0.2, -0.15) is 18.1 Å². The summed E-state index contributed by atoms with van der Waals surface area (Å²) in [6.45, 7) is 1.42. The number of rotatable bonds is 3. The van der Waals surface area contributed by atoms with Gasteiger partial charge in [0.1, 0.15) is 5.52 Å². The zero-order valence-electron chi connectivity index (χ0n) is 18.9. The fourth-order valence-electron chi connectivity index (χ4n) is 3.82. The van der Waals surface area contributed by atoms with E-state index in [1.165, 1.54) is 22.9 Å². The summed E-state index contributed by atoms with van der Waals surface area (Å²) in [6.07, 6.45) is -3.04. The van der Waals surface area contributed by atoms with Crippen molar-refractivity contribution in [3.63, 3.8) is 0 Å². The van der Waals surface area contributed by atoms with Crippen LogP contribution in [0.4, 0.5) is 18.0 Å². The number of morpholine rings is 1. The fraction of sp³-hybridized carbons (Fsp3) is 0.250. The number of alkyl halides is 3. The number of amides is 2. The van der Waals surface area contributed by atoms with Gasteiger partial charge in [-0.15, -0.1) is 5.10 Å². The van der Waals surface area contributed by atoms with E-state index in [1.54, 1.807) is 18.2 Å². The number of imide groups is 1. The molecule has 2 fully saturated rings. The first kappa shape index (κ1) is 25.3. The number of nitrogens with zero attached hydrogens (tertiary/aromatic N) is 4. The minimum Gasteiger partial charge on any atom is -0.377 e. The van der Waals surface area contributed by atoms with Crippen LogP contribution >= 0.6 is 23.4 Å². The van der Waals surface area contributed by atoms with Crippen LogP contribution in [0, 0.1) is 12.0 Å². The van der Waals surface area contributed by atoms with Crippen molar-refractivity contribution in [2.24, 2.45) is 0 Å². The molecule has 2 aromatic carbocycles. The van der Waals surface area contributed by atoms with Crippen molar-refractivity contribution in [2.45, 2.75) is 18.8 Å². The fourth-order valence-corrected chi connectivity index (χ4v) is 4.78. The smallest absolute Gasteiger partial charge is 0.377 e. The van der Waals surface area contributed by atoms with Crippen molar-refractivity contribution in [3.8, 4) is 12.0 Å². The Labute approximate surface area is 217 Å². The zero-order valence-corrected chi connectivity index (χ0v) is 20.5. The molecule has 1 N–H and O–H groups in total. The van der Waals surface area contributed by atoms with Crippen LogP contribution in [-0.2, 0) is 22.3 Å². The van der Waals surface area contributed by atoms with Crippen molar-refractivity contribution >= 4 is 51.6 Å². The third-order valence-corrected chi connectivity index (χ3v) is 6.70. The summed E-state index contributed by atoms with van der Waals surface area (Å²) in [7, 11) is 0. The van der Waals surface area contributed by atoms with Gasteiger partial charge in [-0.05, 0) is 53.2 Å². The topological polar surface area (TPSA) is 89.3 Å². The van der Waals surface area contributed by atoms with Gasteiger partial charge in [-0.1, -0.05) is 34.9 Å². The molecule has 3 aromatic rings. The van der Waals surface area contributed by atoms with E-state index < -0.39 is 22.9 Å². The van der Waals surface area contributed by atoms with Crippen molar-refractivity contribution in [2.75, 3.05) is 19.8 Å². The summed E-state index contributed by atoms with van der Waals surface area (Å²) >= 11 is 6.53. The second-order valence-electron chi connectivity index (χ2n) is 8.15. The Morgan fingerprint density at radius 1 is 1.24 bits per heavy atom. The Balaban J connectivity index is 1.36.